The van der Waals surface area contributed by atoms with Gasteiger partial charge >= 0.3 is 0 Å². The van der Waals surface area contributed by atoms with Gasteiger partial charge in [0, 0.05) is 30.9 Å². The van der Waals surface area contributed by atoms with Crippen molar-refractivity contribution in [3.8, 4) is 0 Å². The molecular weight excluding hydrogens is 234 g/mol. The lowest BCUT2D eigenvalue weighted by atomic mass is 10.0. The maximum Gasteiger partial charge on any atom is 0.0401 e. The van der Waals surface area contributed by atoms with Gasteiger partial charge in [0.15, 0.2) is 0 Å². The van der Waals surface area contributed by atoms with Crippen LogP contribution in [0.3, 0.4) is 0 Å². The van der Waals surface area contributed by atoms with Crippen LogP contribution in [0, 0.1) is 13.8 Å². The first-order valence-corrected chi connectivity index (χ1v) is 7.27. The van der Waals surface area contributed by atoms with E-state index in [2.05, 4.69) is 55.8 Å². The predicted octanol–water partition coefficient (Wildman–Crippen LogP) is 2.16. The second-order valence-corrected chi connectivity index (χ2v) is 5.89. The van der Waals surface area contributed by atoms with E-state index in [0.717, 1.165) is 26.1 Å². The average molecular weight is 261 g/mol. The summed E-state index contributed by atoms with van der Waals surface area (Å²) in [6.45, 7) is 9.70. The third-order valence-electron chi connectivity index (χ3n) is 4.50. The van der Waals surface area contributed by atoms with E-state index in [0.29, 0.717) is 12.1 Å². The van der Waals surface area contributed by atoms with Crippen molar-refractivity contribution in [3.63, 3.8) is 0 Å². The van der Waals surface area contributed by atoms with Crippen LogP contribution in [-0.2, 0) is 0 Å². The minimum atomic E-state index is 0.555. The number of nitrogens with zero attached hydrogens (tertiary/aromatic N) is 2. The number of hydrogen-bond donors (Lipinski definition) is 1. The van der Waals surface area contributed by atoms with Crippen molar-refractivity contribution in [1.82, 2.24) is 4.90 Å². The van der Waals surface area contributed by atoms with Crippen LogP contribution in [0.2, 0.25) is 0 Å². The van der Waals surface area contributed by atoms with Crippen LogP contribution >= 0.6 is 0 Å². The van der Waals surface area contributed by atoms with Gasteiger partial charge in [-0.25, -0.2) is 0 Å². The van der Waals surface area contributed by atoms with E-state index in [1.54, 1.807) is 0 Å². The Morgan fingerprint density at radius 1 is 1.26 bits per heavy atom. The highest BCUT2D eigenvalue weighted by Gasteiger charge is 2.29. The predicted molar refractivity (Wildman–Crippen MR) is 82.8 cm³/mol. The molecule has 0 spiro atoms. The molecule has 1 aliphatic rings. The molecule has 0 bridgehead atoms. The summed E-state index contributed by atoms with van der Waals surface area (Å²) in [7, 11) is 2.22. The van der Waals surface area contributed by atoms with Crippen LogP contribution < -0.4 is 10.6 Å². The number of piperazine rings is 1. The van der Waals surface area contributed by atoms with Crippen LogP contribution in [0.15, 0.2) is 18.2 Å². The first-order valence-electron chi connectivity index (χ1n) is 7.27. The van der Waals surface area contributed by atoms with Gasteiger partial charge in [-0.1, -0.05) is 12.1 Å². The highest BCUT2D eigenvalue weighted by Crippen LogP contribution is 2.28. The van der Waals surface area contributed by atoms with Crippen molar-refractivity contribution < 1.29 is 0 Å². The molecule has 1 aromatic carbocycles. The monoisotopic (exact) mass is 261 g/mol. The lowest BCUT2D eigenvalue weighted by Gasteiger charge is -2.45. The maximum atomic E-state index is 5.75. The first kappa shape index (κ1) is 14.4. The summed E-state index contributed by atoms with van der Waals surface area (Å²) in [5, 5.41) is 0. The largest absolute Gasteiger partial charge is 0.366 e. The smallest absolute Gasteiger partial charge is 0.0401 e. The van der Waals surface area contributed by atoms with Gasteiger partial charge in [-0.2, -0.15) is 0 Å². The molecular formula is C16H27N3. The zero-order valence-electron chi connectivity index (χ0n) is 12.7. The van der Waals surface area contributed by atoms with Crippen LogP contribution in [0.25, 0.3) is 0 Å². The third-order valence-corrected chi connectivity index (χ3v) is 4.50. The van der Waals surface area contributed by atoms with Crippen LogP contribution in [-0.4, -0.2) is 43.7 Å². The van der Waals surface area contributed by atoms with Crippen molar-refractivity contribution in [2.45, 2.75) is 39.3 Å². The van der Waals surface area contributed by atoms with E-state index in [9.17, 15) is 0 Å². The second-order valence-electron chi connectivity index (χ2n) is 5.89. The Labute approximate surface area is 117 Å². The molecule has 0 radical (unpaired) electrons. The Morgan fingerprint density at radius 2 is 2.00 bits per heavy atom. The number of likely N-dealkylation sites (N-methyl/N-ethyl adjacent to an activating group) is 1. The third kappa shape index (κ3) is 2.93. The van der Waals surface area contributed by atoms with Crippen LogP contribution in [0.1, 0.15) is 24.5 Å². The Bertz CT molecular complexity index is 430. The Hall–Kier alpha value is -1.06. The molecule has 3 heteroatoms. The van der Waals surface area contributed by atoms with Crippen molar-refractivity contribution in [1.29, 1.82) is 0 Å². The molecule has 106 valence electrons. The average Bonchev–Trinajstić information content (AvgIpc) is 2.37. The molecule has 3 nitrogen and oxygen atoms in total. The van der Waals surface area contributed by atoms with E-state index in [-0.39, 0.29) is 0 Å². The van der Waals surface area contributed by atoms with Gasteiger partial charge in [0.25, 0.3) is 0 Å². The zero-order chi connectivity index (χ0) is 14.0. The minimum absolute atomic E-state index is 0.555. The fourth-order valence-corrected chi connectivity index (χ4v) is 3.10. The molecule has 2 atom stereocenters. The molecule has 1 saturated heterocycles. The number of benzene rings is 1. The molecule has 1 aliphatic heterocycles. The summed E-state index contributed by atoms with van der Waals surface area (Å²) in [4.78, 5) is 5.02. The molecule has 0 aromatic heterocycles. The molecule has 2 N–H and O–H groups in total. The van der Waals surface area contributed by atoms with Crippen molar-refractivity contribution in [2.24, 2.45) is 5.73 Å². The van der Waals surface area contributed by atoms with Crippen molar-refractivity contribution in [3.05, 3.63) is 29.3 Å². The van der Waals surface area contributed by atoms with Gasteiger partial charge in [-0.05, 0) is 58.0 Å². The van der Waals surface area contributed by atoms with Gasteiger partial charge in [-0.3, -0.25) is 4.90 Å². The molecule has 1 fully saturated rings. The van der Waals surface area contributed by atoms with Gasteiger partial charge in [0.05, 0.1) is 0 Å². The molecule has 19 heavy (non-hydrogen) atoms. The second kappa shape index (κ2) is 5.93. The van der Waals surface area contributed by atoms with Gasteiger partial charge < -0.3 is 10.6 Å². The molecule has 2 unspecified atom stereocenters. The summed E-state index contributed by atoms with van der Waals surface area (Å²) in [5.74, 6) is 0. The number of anilines is 1. The molecule has 2 rings (SSSR count). The van der Waals surface area contributed by atoms with E-state index in [1.165, 1.54) is 16.8 Å². The normalized spacial score (nSPS) is 24.8. The number of nitrogens with two attached hydrogens (primary N) is 1. The van der Waals surface area contributed by atoms with E-state index in [1.807, 2.05) is 0 Å². The van der Waals surface area contributed by atoms with E-state index < -0.39 is 0 Å². The Morgan fingerprint density at radius 3 is 2.68 bits per heavy atom. The standard InChI is InChI=1S/C16H27N3/c1-12-6-5-7-16(14(12)3)19-11-15(8-9-17)18(4)10-13(19)2/h5-7,13,15H,8-11,17H2,1-4H3. The Kier molecular flexibility index (Phi) is 4.48. The van der Waals surface area contributed by atoms with E-state index in [4.69, 9.17) is 5.73 Å². The van der Waals surface area contributed by atoms with Gasteiger partial charge in [0.2, 0.25) is 0 Å². The zero-order valence-corrected chi connectivity index (χ0v) is 12.7. The summed E-state index contributed by atoms with van der Waals surface area (Å²) in [6, 6.07) is 7.74. The molecule has 0 saturated carbocycles. The lowest BCUT2D eigenvalue weighted by molar-refractivity contribution is 0.185. The van der Waals surface area contributed by atoms with Gasteiger partial charge in [-0.15, -0.1) is 0 Å². The van der Waals surface area contributed by atoms with Gasteiger partial charge in [0.1, 0.15) is 0 Å². The van der Waals surface area contributed by atoms with Crippen molar-refractivity contribution in [2.75, 3.05) is 31.6 Å². The summed E-state index contributed by atoms with van der Waals surface area (Å²) in [6.07, 6.45) is 1.07. The Balaban J connectivity index is 2.25. The maximum absolute atomic E-state index is 5.75. The molecule has 1 aromatic rings. The fourth-order valence-electron chi connectivity index (χ4n) is 3.10. The van der Waals surface area contributed by atoms with Crippen LogP contribution in [0.4, 0.5) is 5.69 Å². The topological polar surface area (TPSA) is 32.5 Å². The highest BCUT2D eigenvalue weighted by molar-refractivity contribution is 5.57. The summed E-state index contributed by atoms with van der Waals surface area (Å²) < 4.78 is 0. The number of rotatable bonds is 3. The quantitative estimate of drug-likeness (QED) is 0.905. The fraction of sp³-hybridized carbons (Fsp3) is 0.625. The lowest BCUT2D eigenvalue weighted by Crippen LogP contribution is -2.56. The molecule has 0 aliphatic carbocycles. The minimum Gasteiger partial charge on any atom is -0.366 e. The summed E-state index contributed by atoms with van der Waals surface area (Å²) >= 11 is 0. The molecule has 0 amide bonds. The molecule has 1 heterocycles. The van der Waals surface area contributed by atoms with E-state index >= 15 is 0 Å². The van der Waals surface area contributed by atoms with Crippen molar-refractivity contribution >= 4 is 5.69 Å². The summed E-state index contributed by atoms with van der Waals surface area (Å²) in [5.41, 5.74) is 9.92. The highest BCUT2D eigenvalue weighted by atomic mass is 15.3. The first-order chi connectivity index (χ1) is 9.04. The number of hydrogen-bond acceptors (Lipinski definition) is 3. The van der Waals surface area contributed by atoms with Crippen LogP contribution in [0.5, 0.6) is 0 Å². The number of aryl methyl sites for hydroxylation is 1. The SMILES string of the molecule is Cc1cccc(N2CC(CCN)N(C)CC2C)c1C.